The first-order valence-corrected chi connectivity index (χ1v) is 17.9. The number of aliphatic carboxylic acids is 1. The molecule has 1 unspecified atom stereocenters. The molecule has 4 aromatic carbocycles. The lowest BCUT2D eigenvalue weighted by Crippen LogP contribution is -2.04. The number of halogens is 1. The summed E-state index contributed by atoms with van der Waals surface area (Å²) < 4.78 is 5.34. The number of carbonyl (C=O) groups excluding carboxylic acids is 1. The third kappa shape index (κ3) is 9.08. The van der Waals surface area contributed by atoms with Crippen LogP contribution in [0, 0.1) is 0 Å². The van der Waals surface area contributed by atoms with E-state index in [1.165, 1.54) is 11.1 Å². The van der Waals surface area contributed by atoms with Gasteiger partial charge in [0, 0.05) is 46.0 Å². The summed E-state index contributed by atoms with van der Waals surface area (Å²) in [5, 5.41) is 9.92. The van der Waals surface area contributed by atoms with Crippen molar-refractivity contribution < 1.29 is 19.4 Å². The Morgan fingerprint density at radius 3 is 2.32 bits per heavy atom. The van der Waals surface area contributed by atoms with Gasteiger partial charge in [-0.25, -0.2) is 0 Å². The molecule has 1 aliphatic heterocycles. The minimum Gasteiger partial charge on any atom is -0.496 e. The van der Waals surface area contributed by atoms with Crippen molar-refractivity contribution in [3.8, 4) is 28.0 Å². The molecule has 4 aromatic rings. The van der Waals surface area contributed by atoms with Crippen molar-refractivity contribution in [2.45, 2.75) is 78.1 Å². The topological polar surface area (TPSA) is 76.0 Å². The molecule has 1 aliphatic rings. The minimum atomic E-state index is -0.894. The highest BCUT2D eigenvalue weighted by Gasteiger charge is 2.17. The number of ether oxygens (including phenoxy) is 1. The molecule has 0 aromatic heterocycles. The highest BCUT2D eigenvalue weighted by atomic mass is 35.5. The maximum Gasteiger partial charge on any atom is 0.307 e. The number of aliphatic imine (C=N–C) groups is 1. The zero-order chi connectivity index (χ0) is 35.6. The molecule has 0 bridgehead atoms. The summed E-state index contributed by atoms with van der Waals surface area (Å²) in [6, 6.07) is 28.8. The normalized spacial score (nSPS) is 13.7. The van der Waals surface area contributed by atoms with Crippen LogP contribution in [0.3, 0.4) is 0 Å². The van der Waals surface area contributed by atoms with Crippen LogP contribution in [0.15, 0.2) is 107 Å². The molecular weight excluding hydrogens is 642 g/mol. The third-order valence-electron chi connectivity index (χ3n) is 9.51. The number of allylic oxidation sites excluding steroid dienone is 4. The summed E-state index contributed by atoms with van der Waals surface area (Å²) in [6.07, 6.45) is 9.56. The second-order valence-corrected chi connectivity index (χ2v) is 13.4. The minimum absolute atomic E-state index is 0.0876. The van der Waals surface area contributed by atoms with Gasteiger partial charge >= 0.3 is 5.97 Å². The lowest BCUT2D eigenvalue weighted by atomic mass is 9.87. The van der Waals surface area contributed by atoms with Crippen molar-refractivity contribution in [1.29, 1.82) is 0 Å². The molecule has 50 heavy (non-hydrogen) atoms. The highest BCUT2D eigenvalue weighted by Crippen LogP contribution is 2.35. The number of Topliss-reactive ketones (excluding diaryl/α,β-unsaturated/α-hetero) is 1. The molecule has 5 nitrogen and oxygen atoms in total. The Bertz CT molecular complexity index is 1920. The van der Waals surface area contributed by atoms with Crippen LogP contribution in [0.25, 0.3) is 27.8 Å². The van der Waals surface area contributed by atoms with Crippen LogP contribution in [0.5, 0.6) is 5.75 Å². The molecule has 1 atom stereocenters. The van der Waals surface area contributed by atoms with E-state index in [-0.39, 0.29) is 12.2 Å². The zero-order valence-corrected chi connectivity index (χ0v) is 30.2. The fourth-order valence-electron chi connectivity index (χ4n) is 6.73. The Kier molecular flexibility index (Phi) is 12.6. The third-order valence-corrected chi connectivity index (χ3v) is 9.84. The van der Waals surface area contributed by atoms with Crippen molar-refractivity contribution in [3.05, 3.63) is 130 Å². The van der Waals surface area contributed by atoms with Crippen LogP contribution in [0.2, 0.25) is 5.02 Å². The number of hydrogen-bond acceptors (Lipinski definition) is 4. The van der Waals surface area contributed by atoms with Gasteiger partial charge in [-0.3, -0.25) is 14.6 Å². The number of benzene rings is 4. The van der Waals surface area contributed by atoms with Crippen molar-refractivity contribution in [2.75, 3.05) is 7.11 Å². The first-order valence-electron chi connectivity index (χ1n) is 17.5. The van der Waals surface area contributed by atoms with E-state index in [4.69, 9.17) is 16.3 Å². The van der Waals surface area contributed by atoms with E-state index >= 15 is 0 Å². The van der Waals surface area contributed by atoms with Gasteiger partial charge < -0.3 is 9.84 Å². The smallest absolute Gasteiger partial charge is 0.307 e. The van der Waals surface area contributed by atoms with Crippen LogP contribution < -0.4 is 4.74 Å². The average Bonchev–Trinajstić information content (AvgIpc) is 3.12. The van der Waals surface area contributed by atoms with E-state index in [9.17, 15) is 14.7 Å². The molecule has 0 amide bonds. The quantitative estimate of drug-likeness (QED) is 0.0996. The number of aryl methyl sites for hydroxylation is 1. The Balaban J connectivity index is 1.32. The Labute approximate surface area is 301 Å². The molecule has 6 heteroatoms. The molecule has 0 saturated carbocycles. The largest absolute Gasteiger partial charge is 0.496 e. The SMILES string of the molecule is CCCC(=O)C(=CCCCc1ccc(OC)c(CC(=O)O)c1)c1ccc(Cl)c(-c2ccc(-c3ccc(C(C)C4=C(C)N=CCC4)cc3)cc2)c1. The lowest BCUT2D eigenvalue weighted by Gasteiger charge is -2.20. The number of carbonyl (C=O) groups is 2. The maximum atomic E-state index is 13.4. The summed E-state index contributed by atoms with van der Waals surface area (Å²) >= 11 is 6.75. The van der Waals surface area contributed by atoms with Gasteiger partial charge in [0.1, 0.15) is 5.75 Å². The van der Waals surface area contributed by atoms with Crippen molar-refractivity contribution in [3.63, 3.8) is 0 Å². The number of carboxylic acids is 1. The number of methoxy groups -OCH3 is 1. The van der Waals surface area contributed by atoms with E-state index in [0.717, 1.165) is 71.2 Å². The Hall–Kier alpha value is -4.74. The number of nitrogens with zero attached hydrogens (tertiary/aromatic N) is 1. The molecule has 1 heterocycles. The standard InChI is InChI=1S/C44H46ClNO4/c1-5-9-42(47)39(11-7-6-10-31-13-24-43(50-4)37(26-31)28-44(48)49)36-22-23-41(45)40(27-36)35-20-18-34(19-21-35)33-16-14-32(15-17-33)29(2)38-12-8-25-46-30(38)3/h11,13-27,29H,5-10,12,28H2,1-4H3,(H,48,49). The van der Waals surface area contributed by atoms with Crippen LogP contribution in [0.4, 0.5) is 0 Å². The fourth-order valence-corrected chi connectivity index (χ4v) is 6.96. The predicted molar refractivity (Wildman–Crippen MR) is 206 cm³/mol. The van der Waals surface area contributed by atoms with Gasteiger partial charge in [0.15, 0.2) is 5.78 Å². The summed E-state index contributed by atoms with van der Waals surface area (Å²) in [6.45, 7) is 6.38. The van der Waals surface area contributed by atoms with Gasteiger partial charge in [0.05, 0.1) is 13.5 Å². The molecule has 0 radical (unpaired) electrons. The van der Waals surface area contributed by atoms with E-state index in [2.05, 4.69) is 67.4 Å². The van der Waals surface area contributed by atoms with E-state index < -0.39 is 5.97 Å². The molecule has 1 N–H and O–H groups in total. The second kappa shape index (κ2) is 17.3. The molecule has 0 fully saturated rings. The first-order chi connectivity index (χ1) is 24.2. The maximum absolute atomic E-state index is 13.4. The van der Waals surface area contributed by atoms with E-state index in [0.29, 0.717) is 40.7 Å². The van der Waals surface area contributed by atoms with Crippen LogP contribution in [-0.4, -0.2) is 30.2 Å². The number of carboxylic acid groups (broad SMARTS) is 1. The van der Waals surface area contributed by atoms with Crippen LogP contribution >= 0.6 is 11.6 Å². The second-order valence-electron chi connectivity index (χ2n) is 13.0. The van der Waals surface area contributed by atoms with Crippen molar-refractivity contribution in [2.24, 2.45) is 4.99 Å². The Morgan fingerprint density at radius 2 is 1.66 bits per heavy atom. The van der Waals surface area contributed by atoms with E-state index in [1.807, 2.05) is 55.6 Å². The van der Waals surface area contributed by atoms with E-state index in [1.54, 1.807) is 7.11 Å². The summed E-state index contributed by atoms with van der Waals surface area (Å²) in [5.74, 6) is 0.142. The van der Waals surface area contributed by atoms with Gasteiger partial charge in [-0.1, -0.05) is 98.3 Å². The molecule has 5 rings (SSSR count). The Morgan fingerprint density at radius 1 is 0.960 bits per heavy atom. The van der Waals surface area contributed by atoms with Gasteiger partial charge in [-0.15, -0.1) is 0 Å². The molecule has 0 spiro atoms. The van der Waals surface area contributed by atoms with Crippen LogP contribution in [0.1, 0.15) is 87.5 Å². The molecular formula is C44H46ClNO4. The fraction of sp³-hybridized carbons (Fsp3) is 0.295. The van der Waals surface area contributed by atoms with Crippen LogP contribution in [-0.2, 0) is 22.4 Å². The highest BCUT2D eigenvalue weighted by molar-refractivity contribution is 6.33. The van der Waals surface area contributed by atoms with Crippen molar-refractivity contribution >= 4 is 35.1 Å². The summed E-state index contributed by atoms with van der Waals surface area (Å²) in [5.41, 5.74) is 11.3. The van der Waals surface area contributed by atoms with Gasteiger partial charge in [0.25, 0.3) is 0 Å². The number of rotatable bonds is 15. The van der Waals surface area contributed by atoms with Gasteiger partial charge in [-0.05, 0) is 103 Å². The summed E-state index contributed by atoms with van der Waals surface area (Å²) in [4.78, 5) is 29.2. The molecule has 258 valence electrons. The average molecular weight is 688 g/mol. The number of hydrogen-bond donors (Lipinski definition) is 1. The molecule has 0 saturated heterocycles. The lowest BCUT2D eigenvalue weighted by molar-refractivity contribution is -0.136. The number of ketones is 1. The number of unbranched alkanes of at least 4 members (excludes halogenated alkanes) is 1. The predicted octanol–water partition coefficient (Wildman–Crippen LogP) is 11.3. The summed E-state index contributed by atoms with van der Waals surface area (Å²) in [7, 11) is 1.55. The monoisotopic (exact) mass is 687 g/mol. The van der Waals surface area contributed by atoms with Gasteiger partial charge in [0.2, 0.25) is 0 Å². The van der Waals surface area contributed by atoms with Gasteiger partial charge in [-0.2, -0.15) is 0 Å². The molecule has 0 aliphatic carbocycles. The zero-order valence-electron chi connectivity index (χ0n) is 29.5. The first kappa shape index (κ1) is 36.5. The van der Waals surface area contributed by atoms with Crippen molar-refractivity contribution in [1.82, 2.24) is 0 Å².